The molecule has 0 amide bonds. The van der Waals surface area contributed by atoms with Gasteiger partial charge < -0.3 is 14.4 Å². The van der Waals surface area contributed by atoms with Crippen LogP contribution in [0.25, 0.3) is 0 Å². The molecular formula is C14H33NO2. The summed E-state index contributed by atoms with van der Waals surface area (Å²) >= 11 is 0. The molecule has 0 bridgehead atoms. The van der Waals surface area contributed by atoms with Crippen LogP contribution in [0.4, 0.5) is 0 Å². The van der Waals surface area contributed by atoms with Crippen LogP contribution in [0.3, 0.4) is 0 Å². The van der Waals surface area contributed by atoms with Crippen molar-refractivity contribution in [1.82, 2.24) is 4.90 Å². The van der Waals surface area contributed by atoms with Crippen LogP contribution < -0.4 is 0 Å². The van der Waals surface area contributed by atoms with Gasteiger partial charge in [0, 0.05) is 40.6 Å². The molecule has 0 aliphatic rings. The SMILES string of the molecule is C=C(C)N(C)C.CCCC(C)OC.CCOC. The molecule has 0 aliphatic heterocycles. The lowest BCUT2D eigenvalue weighted by Crippen LogP contribution is -2.05. The van der Waals surface area contributed by atoms with Crippen molar-refractivity contribution < 1.29 is 9.47 Å². The average molecular weight is 247 g/mol. The van der Waals surface area contributed by atoms with Crippen molar-refractivity contribution >= 4 is 0 Å². The van der Waals surface area contributed by atoms with E-state index in [1.807, 2.05) is 32.8 Å². The van der Waals surface area contributed by atoms with E-state index in [2.05, 4.69) is 25.2 Å². The third-order valence-electron chi connectivity index (χ3n) is 2.15. The number of allylic oxidation sites excluding steroid dienone is 1. The molecule has 3 nitrogen and oxygen atoms in total. The lowest BCUT2D eigenvalue weighted by Gasteiger charge is -2.08. The van der Waals surface area contributed by atoms with Crippen molar-refractivity contribution in [2.24, 2.45) is 0 Å². The quantitative estimate of drug-likeness (QED) is 0.741. The molecule has 0 aromatic carbocycles. The van der Waals surface area contributed by atoms with Crippen molar-refractivity contribution in [3.63, 3.8) is 0 Å². The molecule has 0 N–H and O–H groups in total. The smallest absolute Gasteiger partial charge is 0.0543 e. The standard InChI is InChI=1S/C6H14O.C5H11N.C3H8O/c1-4-5-6(2)7-3;1-5(2)6(3)4;1-3-4-2/h6H,4-5H2,1-3H3;1H2,2-4H3;3H2,1-2H3. The van der Waals surface area contributed by atoms with Crippen molar-refractivity contribution in [3.05, 3.63) is 12.3 Å². The van der Waals surface area contributed by atoms with Crippen molar-refractivity contribution in [1.29, 1.82) is 0 Å². The minimum Gasteiger partial charge on any atom is -0.385 e. The largest absolute Gasteiger partial charge is 0.385 e. The molecule has 0 aliphatic carbocycles. The van der Waals surface area contributed by atoms with Gasteiger partial charge in [-0.15, -0.1) is 0 Å². The Morgan fingerprint density at radius 3 is 1.65 bits per heavy atom. The van der Waals surface area contributed by atoms with Crippen LogP contribution in [0.5, 0.6) is 0 Å². The number of hydrogen-bond acceptors (Lipinski definition) is 3. The first-order valence-corrected chi connectivity index (χ1v) is 6.21. The molecular weight excluding hydrogens is 214 g/mol. The fourth-order valence-electron chi connectivity index (χ4n) is 0.524. The molecule has 0 radical (unpaired) electrons. The van der Waals surface area contributed by atoms with Crippen molar-refractivity contribution in [2.75, 3.05) is 34.9 Å². The van der Waals surface area contributed by atoms with E-state index in [9.17, 15) is 0 Å². The lowest BCUT2D eigenvalue weighted by atomic mass is 10.2. The summed E-state index contributed by atoms with van der Waals surface area (Å²) in [5, 5.41) is 0. The highest BCUT2D eigenvalue weighted by molar-refractivity contribution is 4.82. The zero-order valence-electron chi connectivity index (χ0n) is 13.2. The van der Waals surface area contributed by atoms with Crippen molar-refractivity contribution in [2.45, 2.75) is 46.6 Å². The molecule has 0 saturated carbocycles. The lowest BCUT2D eigenvalue weighted by molar-refractivity contribution is 0.110. The van der Waals surface area contributed by atoms with Gasteiger partial charge in [-0.05, 0) is 27.2 Å². The van der Waals surface area contributed by atoms with Gasteiger partial charge in [0.1, 0.15) is 0 Å². The minimum absolute atomic E-state index is 0.449. The van der Waals surface area contributed by atoms with E-state index in [1.165, 1.54) is 12.8 Å². The van der Waals surface area contributed by atoms with Gasteiger partial charge >= 0.3 is 0 Å². The second kappa shape index (κ2) is 17.8. The van der Waals surface area contributed by atoms with Crippen LogP contribution in [0, 0.1) is 0 Å². The zero-order valence-corrected chi connectivity index (χ0v) is 13.2. The van der Waals surface area contributed by atoms with Gasteiger partial charge in [0.15, 0.2) is 0 Å². The fraction of sp³-hybridized carbons (Fsp3) is 0.857. The van der Waals surface area contributed by atoms with Crippen LogP contribution >= 0.6 is 0 Å². The highest BCUT2D eigenvalue weighted by Gasteiger charge is 1.92. The molecule has 1 unspecified atom stereocenters. The van der Waals surface area contributed by atoms with Crippen molar-refractivity contribution in [3.8, 4) is 0 Å². The highest BCUT2D eigenvalue weighted by atomic mass is 16.5. The van der Waals surface area contributed by atoms with E-state index in [0.29, 0.717) is 6.10 Å². The molecule has 0 aromatic rings. The Labute approximate surface area is 109 Å². The van der Waals surface area contributed by atoms with Crippen LogP contribution in [0.15, 0.2) is 12.3 Å². The first kappa shape index (κ1) is 21.7. The predicted octanol–water partition coefficient (Wildman–Crippen LogP) is 3.56. The predicted molar refractivity (Wildman–Crippen MR) is 77.4 cm³/mol. The maximum absolute atomic E-state index is 4.99. The first-order valence-electron chi connectivity index (χ1n) is 6.21. The molecule has 106 valence electrons. The molecule has 17 heavy (non-hydrogen) atoms. The Morgan fingerprint density at radius 1 is 1.24 bits per heavy atom. The molecule has 0 rings (SSSR count). The van der Waals surface area contributed by atoms with E-state index in [0.717, 1.165) is 12.3 Å². The van der Waals surface area contributed by atoms with Gasteiger partial charge in [-0.25, -0.2) is 0 Å². The molecule has 0 saturated heterocycles. The maximum Gasteiger partial charge on any atom is 0.0543 e. The summed E-state index contributed by atoms with van der Waals surface area (Å²) in [6, 6.07) is 0. The topological polar surface area (TPSA) is 21.7 Å². The van der Waals surface area contributed by atoms with Crippen LogP contribution in [0.1, 0.15) is 40.5 Å². The fourth-order valence-corrected chi connectivity index (χ4v) is 0.524. The molecule has 0 spiro atoms. The number of methoxy groups -OCH3 is 2. The van der Waals surface area contributed by atoms with E-state index < -0.39 is 0 Å². The Balaban J connectivity index is -0.000000180. The van der Waals surface area contributed by atoms with Gasteiger partial charge in [-0.3, -0.25) is 0 Å². The summed E-state index contributed by atoms with van der Waals surface area (Å²) in [5.74, 6) is 0. The molecule has 0 fully saturated rings. The summed E-state index contributed by atoms with van der Waals surface area (Å²) in [5.41, 5.74) is 1.09. The Hall–Kier alpha value is -0.540. The Kier molecular flexibility index (Phi) is 22.8. The monoisotopic (exact) mass is 247 g/mol. The summed E-state index contributed by atoms with van der Waals surface area (Å²) in [4.78, 5) is 1.97. The zero-order chi connectivity index (χ0) is 14.3. The maximum atomic E-state index is 4.99. The van der Waals surface area contributed by atoms with E-state index in [-0.39, 0.29) is 0 Å². The van der Waals surface area contributed by atoms with Crippen LogP contribution in [-0.4, -0.2) is 45.9 Å². The third kappa shape index (κ3) is 31.3. The van der Waals surface area contributed by atoms with Gasteiger partial charge in [-0.1, -0.05) is 19.9 Å². The molecule has 0 aromatic heterocycles. The summed E-state index contributed by atoms with van der Waals surface area (Å²) < 4.78 is 9.53. The molecule has 1 atom stereocenters. The van der Waals surface area contributed by atoms with Gasteiger partial charge in [0.05, 0.1) is 6.10 Å². The summed E-state index contributed by atoms with van der Waals surface area (Å²) in [6.07, 6.45) is 2.84. The van der Waals surface area contributed by atoms with Crippen LogP contribution in [-0.2, 0) is 9.47 Å². The van der Waals surface area contributed by atoms with Gasteiger partial charge in [0.25, 0.3) is 0 Å². The first-order chi connectivity index (χ1) is 7.87. The van der Waals surface area contributed by atoms with E-state index in [1.54, 1.807) is 14.2 Å². The Bertz CT molecular complexity index is 145. The average Bonchev–Trinajstić information content (AvgIpc) is 2.30. The number of nitrogens with zero attached hydrogens (tertiary/aromatic N) is 1. The summed E-state index contributed by atoms with van der Waals surface area (Å²) in [7, 11) is 7.38. The molecule has 0 heterocycles. The van der Waals surface area contributed by atoms with E-state index in [4.69, 9.17) is 4.74 Å². The number of rotatable bonds is 5. The number of hydrogen-bond donors (Lipinski definition) is 0. The van der Waals surface area contributed by atoms with Gasteiger partial charge in [0.2, 0.25) is 0 Å². The van der Waals surface area contributed by atoms with Crippen LogP contribution in [0.2, 0.25) is 0 Å². The normalized spacial score (nSPS) is 10.4. The number of ether oxygens (including phenoxy) is 2. The highest BCUT2D eigenvalue weighted by Crippen LogP contribution is 1.96. The third-order valence-corrected chi connectivity index (χ3v) is 2.15. The van der Waals surface area contributed by atoms with E-state index >= 15 is 0 Å². The summed E-state index contributed by atoms with van der Waals surface area (Å²) in [6.45, 7) is 12.7. The minimum atomic E-state index is 0.449. The second-order valence-electron chi connectivity index (χ2n) is 4.04. The second-order valence-corrected chi connectivity index (χ2v) is 4.04. The van der Waals surface area contributed by atoms with Gasteiger partial charge in [-0.2, -0.15) is 0 Å². The molecule has 3 heteroatoms. The Morgan fingerprint density at radius 2 is 1.59 bits per heavy atom.